The Bertz CT molecular complexity index is 426. The summed E-state index contributed by atoms with van der Waals surface area (Å²) in [6.07, 6.45) is 0. The van der Waals surface area contributed by atoms with Gasteiger partial charge in [0.15, 0.2) is 5.78 Å². The summed E-state index contributed by atoms with van der Waals surface area (Å²) in [4.78, 5) is 11.5. The van der Waals surface area contributed by atoms with Gasteiger partial charge >= 0.3 is 6.61 Å². The molecule has 0 aromatic heterocycles. The molecule has 0 heterocycles. The Morgan fingerprint density at radius 1 is 1.47 bits per heavy atom. The second-order valence-corrected chi connectivity index (χ2v) is 3.89. The molecule has 1 aromatic carbocycles. The number of Topliss-reactive ketones (excluding diaryl/α,β-unsaturated/α-hetero) is 1. The van der Waals surface area contributed by atoms with Crippen LogP contribution in [0.2, 0.25) is 5.02 Å². The van der Waals surface area contributed by atoms with Gasteiger partial charge in [-0.2, -0.15) is 8.78 Å². The Morgan fingerprint density at radius 3 is 2.59 bits per heavy atom. The molecule has 0 fully saturated rings. The summed E-state index contributed by atoms with van der Waals surface area (Å²) < 4.78 is 33.5. The van der Waals surface area contributed by atoms with Crippen LogP contribution in [0.4, 0.5) is 8.78 Å². The molecular weight excluding hydrogens is 321 g/mol. The maximum atomic E-state index is 12.2. The summed E-state index contributed by atoms with van der Waals surface area (Å²) in [5, 5.41) is 0.133. The summed E-state index contributed by atoms with van der Waals surface area (Å²) in [7, 11) is 1.33. The van der Waals surface area contributed by atoms with Gasteiger partial charge in [-0.05, 0) is 6.07 Å². The number of halogens is 4. The van der Waals surface area contributed by atoms with E-state index in [1.807, 2.05) is 0 Å². The Labute approximate surface area is 110 Å². The third-order valence-corrected chi connectivity index (χ3v) is 2.70. The predicted molar refractivity (Wildman–Crippen MR) is 62.8 cm³/mol. The minimum absolute atomic E-state index is 0.0186. The molecule has 1 aromatic rings. The van der Waals surface area contributed by atoms with E-state index in [1.54, 1.807) is 0 Å². The van der Waals surface area contributed by atoms with Gasteiger partial charge < -0.3 is 9.47 Å². The van der Waals surface area contributed by atoms with Crippen molar-refractivity contribution in [2.45, 2.75) is 6.61 Å². The molecule has 0 atom stereocenters. The number of hydrogen-bond donors (Lipinski definition) is 0. The molecule has 0 aliphatic rings. The van der Waals surface area contributed by atoms with Crippen molar-refractivity contribution in [2.75, 3.05) is 12.4 Å². The van der Waals surface area contributed by atoms with Crippen LogP contribution in [0.3, 0.4) is 0 Å². The number of alkyl halides is 3. The Kier molecular flexibility index (Phi) is 5.14. The second kappa shape index (κ2) is 6.16. The molecule has 0 unspecified atom stereocenters. The van der Waals surface area contributed by atoms with E-state index >= 15 is 0 Å². The number of methoxy groups -OCH3 is 1. The quantitative estimate of drug-likeness (QED) is 0.612. The van der Waals surface area contributed by atoms with E-state index in [1.165, 1.54) is 13.2 Å². The molecule has 0 aliphatic carbocycles. The van der Waals surface area contributed by atoms with Crippen LogP contribution in [-0.2, 0) is 0 Å². The maximum absolute atomic E-state index is 12.2. The van der Waals surface area contributed by atoms with Crippen LogP contribution in [0.1, 0.15) is 10.4 Å². The number of rotatable bonds is 5. The van der Waals surface area contributed by atoms with Gasteiger partial charge in [-0.3, -0.25) is 4.79 Å². The molecule has 0 saturated heterocycles. The van der Waals surface area contributed by atoms with Crippen molar-refractivity contribution in [3.63, 3.8) is 0 Å². The van der Waals surface area contributed by atoms with Gasteiger partial charge in [0.05, 0.1) is 23.0 Å². The number of ether oxygens (including phenoxy) is 2. The fraction of sp³-hybridized carbons (Fsp3) is 0.300. The highest BCUT2D eigenvalue weighted by Crippen LogP contribution is 2.33. The van der Waals surface area contributed by atoms with Crippen LogP contribution < -0.4 is 9.47 Å². The second-order valence-electron chi connectivity index (χ2n) is 2.92. The van der Waals surface area contributed by atoms with Crippen molar-refractivity contribution >= 4 is 33.3 Å². The zero-order chi connectivity index (χ0) is 13.0. The highest BCUT2D eigenvalue weighted by Gasteiger charge is 2.18. The van der Waals surface area contributed by atoms with Crippen molar-refractivity contribution < 1.29 is 23.0 Å². The van der Waals surface area contributed by atoms with Crippen molar-refractivity contribution in [3.05, 3.63) is 22.7 Å². The first-order valence-electron chi connectivity index (χ1n) is 4.41. The first-order valence-corrected chi connectivity index (χ1v) is 5.91. The lowest BCUT2D eigenvalue weighted by Gasteiger charge is -2.12. The van der Waals surface area contributed by atoms with Crippen molar-refractivity contribution in [2.24, 2.45) is 0 Å². The highest BCUT2D eigenvalue weighted by molar-refractivity contribution is 9.09. The SMILES string of the molecule is COc1cc(OC(F)F)c(C(=O)CBr)cc1Cl. The molecule has 1 rings (SSSR count). The van der Waals surface area contributed by atoms with Crippen molar-refractivity contribution in [3.8, 4) is 11.5 Å². The van der Waals surface area contributed by atoms with Crippen LogP contribution >= 0.6 is 27.5 Å². The van der Waals surface area contributed by atoms with Gasteiger partial charge in [-0.15, -0.1) is 0 Å². The average Bonchev–Trinajstić information content (AvgIpc) is 2.29. The Morgan fingerprint density at radius 2 is 2.12 bits per heavy atom. The van der Waals surface area contributed by atoms with Crippen LogP contribution in [0.5, 0.6) is 11.5 Å². The minimum atomic E-state index is -3.03. The molecular formula is C10H8BrClF2O3. The normalized spacial score (nSPS) is 10.5. The average molecular weight is 330 g/mol. The van der Waals surface area contributed by atoms with Gasteiger partial charge in [0, 0.05) is 6.07 Å². The summed E-state index contributed by atoms with van der Waals surface area (Å²) in [6, 6.07) is 2.39. The molecule has 7 heteroatoms. The Hall–Kier alpha value is -0.880. The largest absolute Gasteiger partial charge is 0.495 e. The summed E-state index contributed by atoms with van der Waals surface area (Å²) in [6.45, 7) is -3.03. The highest BCUT2D eigenvalue weighted by atomic mass is 79.9. The lowest BCUT2D eigenvalue weighted by molar-refractivity contribution is -0.0502. The molecule has 0 radical (unpaired) electrons. The van der Waals surface area contributed by atoms with Crippen LogP contribution in [0, 0.1) is 0 Å². The zero-order valence-corrected chi connectivity index (χ0v) is 11.0. The number of hydrogen-bond acceptors (Lipinski definition) is 3. The van der Waals surface area contributed by atoms with Crippen molar-refractivity contribution in [1.82, 2.24) is 0 Å². The smallest absolute Gasteiger partial charge is 0.387 e. The van der Waals surface area contributed by atoms with Crippen LogP contribution in [0.15, 0.2) is 12.1 Å². The summed E-state index contributed by atoms with van der Waals surface area (Å²) >= 11 is 8.75. The van der Waals surface area contributed by atoms with Crippen molar-refractivity contribution in [1.29, 1.82) is 0 Å². The lowest BCUT2D eigenvalue weighted by Crippen LogP contribution is -2.09. The first kappa shape index (κ1) is 14.2. The van der Waals surface area contributed by atoms with E-state index in [4.69, 9.17) is 16.3 Å². The number of ketones is 1. The van der Waals surface area contributed by atoms with E-state index in [9.17, 15) is 13.6 Å². The van der Waals surface area contributed by atoms with Gasteiger partial charge in [-0.1, -0.05) is 27.5 Å². The standard InChI is InChI=1S/C10H8BrClF2O3/c1-16-9-3-8(17-10(13)14)5(2-6(9)12)7(15)4-11/h2-3,10H,4H2,1H3. The number of carbonyl (C=O) groups excluding carboxylic acids is 1. The van der Waals surface area contributed by atoms with E-state index in [0.717, 1.165) is 6.07 Å². The predicted octanol–water partition coefficient (Wildman–Crippen LogP) is 3.53. The molecule has 0 amide bonds. The van der Waals surface area contributed by atoms with E-state index in [0.29, 0.717) is 0 Å². The van der Waals surface area contributed by atoms with E-state index in [-0.39, 0.29) is 27.4 Å². The maximum Gasteiger partial charge on any atom is 0.387 e. The van der Waals surface area contributed by atoms with E-state index in [2.05, 4.69) is 20.7 Å². The molecule has 0 bridgehead atoms. The third-order valence-electron chi connectivity index (χ3n) is 1.89. The first-order chi connectivity index (χ1) is 7.99. The molecule has 17 heavy (non-hydrogen) atoms. The summed E-state index contributed by atoms with van der Waals surface area (Å²) in [5.41, 5.74) is -0.0204. The fourth-order valence-electron chi connectivity index (χ4n) is 1.17. The molecule has 3 nitrogen and oxygen atoms in total. The monoisotopic (exact) mass is 328 g/mol. The van der Waals surface area contributed by atoms with Crippen LogP contribution in [-0.4, -0.2) is 24.8 Å². The molecule has 94 valence electrons. The van der Waals surface area contributed by atoms with Gasteiger partial charge in [0.2, 0.25) is 0 Å². The molecule has 0 N–H and O–H groups in total. The number of benzene rings is 1. The molecule has 0 spiro atoms. The molecule has 0 saturated carbocycles. The van der Waals surface area contributed by atoms with Crippen LogP contribution in [0.25, 0.3) is 0 Å². The van der Waals surface area contributed by atoms with E-state index < -0.39 is 12.4 Å². The number of carbonyl (C=O) groups is 1. The van der Waals surface area contributed by atoms with Gasteiger partial charge in [0.25, 0.3) is 0 Å². The zero-order valence-electron chi connectivity index (χ0n) is 8.68. The third kappa shape index (κ3) is 3.54. The van der Waals surface area contributed by atoms with Gasteiger partial charge in [0.1, 0.15) is 11.5 Å². The minimum Gasteiger partial charge on any atom is -0.495 e. The lowest BCUT2D eigenvalue weighted by atomic mass is 10.1. The summed E-state index contributed by atoms with van der Waals surface area (Å²) in [5.74, 6) is -0.510. The Balaban J connectivity index is 3.25. The molecule has 0 aliphatic heterocycles. The van der Waals surface area contributed by atoms with Gasteiger partial charge in [-0.25, -0.2) is 0 Å². The fourth-order valence-corrected chi connectivity index (χ4v) is 1.72. The topological polar surface area (TPSA) is 35.5 Å².